The molecule has 0 fully saturated rings. The van der Waals surface area contributed by atoms with E-state index in [4.69, 9.17) is 0 Å². The summed E-state index contributed by atoms with van der Waals surface area (Å²) in [6, 6.07) is 8.69. The molecule has 0 bridgehead atoms. The van der Waals surface area contributed by atoms with E-state index in [0.717, 1.165) is 12.8 Å². The second-order valence-electron chi connectivity index (χ2n) is 5.02. The van der Waals surface area contributed by atoms with Crippen LogP contribution in [0.2, 0.25) is 0 Å². The number of thiophene rings is 2. The third kappa shape index (κ3) is 3.92. The van der Waals surface area contributed by atoms with Crippen LogP contribution in [0.3, 0.4) is 0 Å². The molecule has 0 aliphatic heterocycles. The summed E-state index contributed by atoms with van der Waals surface area (Å²) in [5.41, 5.74) is 0. The van der Waals surface area contributed by atoms with Crippen LogP contribution in [0, 0.1) is 5.92 Å². The maximum Gasteiger partial charge on any atom is 0.0765 e. The zero-order valence-electron chi connectivity index (χ0n) is 12.1. The van der Waals surface area contributed by atoms with Crippen LogP contribution in [0.15, 0.2) is 35.0 Å². The van der Waals surface area contributed by atoms with E-state index in [0.29, 0.717) is 12.5 Å². The smallest absolute Gasteiger partial charge is 0.0765 e. The first-order valence-electron chi connectivity index (χ1n) is 7.24. The summed E-state index contributed by atoms with van der Waals surface area (Å²) >= 11 is 3.53. The van der Waals surface area contributed by atoms with Gasteiger partial charge in [0.15, 0.2) is 0 Å². The third-order valence-electron chi connectivity index (χ3n) is 3.78. The molecule has 0 spiro atoms. The molecule has 0 saturated heterocycles. The van der Waals surface area contributed by atoms with Gasteiger partial charge in [-0.05, 0) is 28.8 Å². The van der Waals surface area contributed by atoms with E-state index in [1.165, 1.54) is 9.75 Å². The zero-order valence-corrected chi connectivity index (χ0v) is 13.7. The molecule has 20 heavy (non-hydrogen) atoms. The first kappa shape index (κ1) is 15.7. The third-order valence-corrected chi connectivity index (χ3v) is 5.65. The zero-order chi connectivity index (χ0) is 14.4. The molecule has 0 aliphatic rings. The Morgan fingerprint density at radius 2 is 1.60 bits per heavy atom. The van der Waals surface area contributed by atoms with Crippen molar-refractivity contribution in [1.82, 2.24) is 5.32 Å². The van der Waals surface area contributed by atoms with E-state index in [2.05, 4.69) is 54.2 Å². The highest BCUT2D eigenvalue weighted by atomic mass is 32.1. The van der Waals surface area contributed by atoms with E-state index in [1.54, 1.807) is 22.7 Å². The van der Waals surface area contributed by atoms with Gasteiger partial charge in [-0.2, -0.15) is 0 Å². The second kappa shape index (κ2) is 7.93. The van der Waals surface area contributed by atoms with Crippen molar-refractivity contribution in [2.75, 3.05) is 6.54 Å². The minimum atomic E-state index is -0.271. The van der Waals surface area contributed by atoms with Crippen LogP contribution < -0.4 is 5.32 Å². The van der Waals surface area contributed by atoms with Gasteiger partial charge in [0.2, 0.25) is 0 Å². The number of aliphatic hydroxyl groups excluding tert-OH is 1. The van der Waals surface area contributed by atoms with Gasteiger partial charge in [0.25, 0.3) is 0 Å². The van der Waals surface area contributed by atoms with Crippen molar-refractivity contribution >= 4 is 22.7 Å². The van der Waals surface area contributed by atoms with Gasteiger partial charge in [0, 0.05) is 16.3 Å². The fourth-order valence-corrected chi connectivity index (χ4v) is 4.20. The van der Waals surface area contributed by atoms with E-state index in [1.807, 2.05) is 0 Å². The Balaban J connectivity index is 2.03. The second-order valence-corrected chi connectivity index (χ2v) is 6.97. The van der Waals surface area contributed by atoms with Crippen LogP contribution in [-0.4, -0.2) is 17.8 Å². The first-order valence-corrected chi connectivity index (χ1v) is 9.00. The summed E-state index contributed by atoms with van der Waals surface area (Å²) in [5.74, 6) is 0.384. The Kier molecular flexibility index (Phi) is 6.23. The number of rotatable bonds is 8. The predicted octanol–water partition coefficient (Wildman–Crippen LogP) is 4.29. The molecule has 2 aromatic rings. The highest BCUT2D eigenvalue weighted by Gasteiger charge is 2.20. The molecule has 1 atom stereocenters. The lowest BCUT2D eigenvalue weighted by Gasteiger charge is -2.23. The molecular formula is C16H23NOS2. The van der Waals surface area contributed by atoms with Crippen molar-refractivity contribution in [1.29, 1.82) is 0 Å². The molecule has 2 heterocycles. The van der Waals surface area contributed by atoms with Crippen LogP contribution in [0.4, 0.5) is 0 Å². The van der Waals surface area contributed by atoms with Gasteiger partial charge in [-0.1, -0.05) is 38.8 Å². The summed E-state index contributed by atoms with van der Waals surface area (Å²) in [4.78, 5) is 2.62. The Hall–Kier alpha value is -0.680. The minimum Gasteiger partial charge on any atom is -0.392 e. The Morgan fingerprint density at radius 1 is 1.05 bits per heavy atom. The van der Waals surface area contributed by atoms with Gasteiger partial charge in [-0.25, -0.2) is 0 Å². The molecule has 1 unspecified atom stereocenters. The minimum absolute atomic E-state index is 0.207. The Bertz CT molecular complexity index is 428. The first-order chi connectivity index (χ1) is 9.76. The molecule has 110 valence electrons. The van der Waals surface area contributed by atoms with Crippen LogP contribution in [0.5, 0.6) is 0 Å². The van der Waals surface area contributed by atoms with Crippen LogP contribution in [0.1, 0.15) is 42.5 Å². The summed E-state index contributed by atoms with van der Waals surface area (Å²) < 4.78 is 0. The molecule has 0 aliphatic carbocycles. The van der Waals surface area contributed by atoms with Crippen LogP contribution >= 0.6 is 22.7 Å². The van der Waals surface area contributed by atoms with Crippen molar-refractivity contribution in [3.05, 3.63) is 44.8 Å². The molecule has 0 radical (unpaired) electrons. The lowest BCUT2D eigenvalue weighted by atomic mass is 9.96. The van der Waals surface area contributed by atoms with Crippen molar-refractivity contribution in [3.8, 4) is 0 Å². The van der Waals surface area contributed by atoms with Gasteiger partial charge < -0.3 is 10.4 Å². The molecule has 2 aromatic heterocycles. The van der Waals surface area contributed by atoms with Gasteiger partial charge in [-0.15, -0.1) is 22.7 Å². The molecule has 2 rings (SSSR count). The standard InChI is InChI=1S/C16H23NOS2/c1-3-12(4-2)13(18)11-17-16(14-7-5-9-19-14)15-8-6-10-20-15/h5-10,12-13,16-18H,3-4,11H2,1-2H3. The predicted molar refractivity (Wildman–Crippen MR) is 88.6 cm³/mol. The quantitative estimate of drug-likeness (QED) is 0.762. The average molecular weight is 310 g/mol. The maximum absolute atomic E-state index is 10.3. The summed E-state index contributed by atoms with van der Waals surface area (Å²) in [6.07, 6.45) is 1.79. The average Bonchev–Trinajstić information content (AvgIpc) is 3.13. The number of aliphatic hydroxyl groups is 1. The Morgan fingerprint density at radius 3 is 2.00 bits per heavy atom. The molecule has 2 nitrogen and oxygen atoms in total. The monoisotopic (exact) mass is 309 g/mol. The molecule has 4 heteroatoms. The lowest BCUT2D eigenvalue weighted by Crippen LogP contribution is -2.34. The van der Waals surface area contributed by atoms with Gasteiger partial charge in [0.1, 0.15) is 0 Å². The molecular weight excluding hydrogens is 286 g/mol. The maximum atomic E-state index is 10.3. The Labute approximate surface area is 129 Å². The fourth-order valence-electron chi connectivity index (χ4n) is 2.49. The summed E-state index contributed by atoms with van der Waals surface area (Å²) in [7, 11) is 0. The van der Waals surface area contributed by atoms with Gasteiger partial charge in [-0.3, -0.25) is 0 Å². The number of nitrogens with one attached hydrogen (secondary N) is 1. The summed E-state index contributed by atoms with van der Waals surface area (Å²) in [6.45, 7) is 4.94. The normalized spacial score (nSPS) is 13.2. The topological polar surface area (TPSA) is 32.3 Å². The fraction of sp³-hybridized carbons (Fsp3) is 0.500. The van der Waals surface area contributed by atoms with Crippen molar-refractivity contribution < 1.29 is 5.11 Å². The molecule has 0 aromatic carbocycles. The molecule has 0 amide bonds. The van der Waals surface area contributed by atoms with Gasteiger partial charge in [0.05, 0.1) is 12.1 Å². The van der Waals surface area contributed by atoms with E-state index in [-0.39, 0.29) is 12.1 Å². The lowest BCUT2D eigenvalue weighted by molar-refractivity contribution is 0.0998. The van der Waals surface area contributed by atoms with Crippen molar-refractivity contribution in [2.24, 2.45) is 5.92 Å². The van der Waals surface area contributed by atoms with E-state index in [9.17, 15) is 5.11 Å². The van der Waals surface area contributed by atoms with Crippen LogP contribution in [-0.2, 0) is 0 Å². The molecule has 2 N–H and O–H groups in total. The van der Waals surface area contributed by atoms with E-state index < -0.39 is 0 Å². The largest absolute Gasteiger partial charge is 0.392 e. The number of hydrogen-bond acceptors (Lipinski definition) is 4. The number of hydrogen-bond donors (Lipinski definition) is 2. The highest BCUT2D eigenvalue weighted by Crippen LogP contribution is 2.29. The van der Waals surface area contributed by atoms with Crippen LogP contribution in [0.25, 0.3) is 0 Å². The van der Waals surface area contributed by atoms with Crippen molar-refractivity contribution in [3.63, 3.8) is 0 Å². The molecule has 0 saturated carbocycles. The van der Waals surface area contributed by atoms with Crippen molar-refractivity contribution in [2.45, 2.75) is 38.8 Å². The SMILES string of the molecule is CCC(CC)C(O)CNC(c1cccs1)c1cccs1. The highest BCUT2D eigenvalue weighted by molar-refractivity contribution is 7.11. The summed E-state index contributed by atoms with van der Waals surface area (Å²) in [5, 5.41) is 18.1. The van der Waals surface area contributed by atoms with E-state index >= 15 is 0 Å². The van der Waals surface area contributed by atoms with Gasteiger partial charge >= 0.3 is 0 Å².